The van der Waals surface area contributed by atoms with Gasteiger partial charge in [0, 0.05) is 25.2 Å². The van der Waals surface area contributed by atoms with Crippen molar-refractivity contribution >= 4 is 40.8 Å². The van der Waals surface area contributed by atoms with Crippen molar-refractivity contribution in [2.75, 3.05) is 31.1 Å². The molecule has 2 rings (SSSR count). The van der Waals surface area contributed by atoms with Crippen LogP contribution in [0.3, 0.4) is 0 Å². The molecule has 1 aromatic heterocycles. The van der Waals surface area contributed by atoms with Crippen LogP contribution in [0.5, 0.6) is 0 Å². The highest BCUT2D eigenvalue weighted by Gasteiger charge is 2.36. The van der Waals surface area contributed by atoms with Gasteiger partial charge in [0.05, 0.1) is 11.5 Å². The fourth-order valence-corrected chi connectivity index (χ4v) is 3.04. The van der Waals surface area contributed by atoms with E-state index >= 15 is 0 Å². The van der Waals surface area contributed by atoms with Crippen molar-refractivity contribution < 1.29 is 23.5 Å². The Hall–Kier alpha value is -2.22. The molecule has 2 heterocycles. The van der Waals surface area contributed by atoms with Gasteiger partial charge in [-0.25, -0.2) is 0 Å². The van der Waals surface area contributed by atoms with Gasteiger partial charge in [-0.05, 0) is 38.6 Å². The zero-order valence-electron chi connectivity index (χ0n) is 13.9. The number of ether oxygens (including phenoxy) is 1. The second kappa shape index (κ2) is 8.05. The molecule has 1 aromatic rings. The van der Waals surface area contributed by atoms with Crippen LogP contribution >= 0.6 is 11.8 Å². The van der Waals surface area contributed by atoms with Gasteiger partial charge in [-0.1, -0.05) is 0 Å². The van der Waals surface area contributed by atoms with Crippen LogP contribution in [0, 0.1) is 0 Å². The van der Waals surface area contributed by atoms with Gasteiger partial charge < -0.3 is 14.1 Å². The van der Waals surface area contributed by atoms with Crippen LogP contribution in [0.1, 0.15) is 26.5 Å². The van der Waals surface area contributed by atoms with Gasteiger partial charge in [0.25, 0.3) is 11.1 Å². The Bertz CT molecular complexity index is 663. The molecule has 24 heavy (non-hydrogen) atoms. The van der Waals surface area contributed by atoms with E-state index < -0.39 is 17.1 Å². The SMILES string of the molecule is CCOC(=O)CN1C(=O)S/C(=C\c2ccc(N(CC)CC)o2)C1=O. The second-order valence-corrected chi connectivity index (χ2v) is 5.91. The van der Waals surface area contributed by atoms with E-state index in [1.54, 1.807) is 13.0 Å². The van der Waals surface area contributed by atoms with Crippen LogP contribution in [-0.4, -0.2) is 48.3 Å². The predicted octanol–water partition coefficient (Wildman–Crippen LogP) is 2.73. The zero-order chi connectivity index (χ0) is 17.7. The van der Waals surface area contributed by atoms with E-state index in [9.17, 15) is 14.4 Å². The molecular weight excluding hydrogens is 332 g/mol. The van der Waals surface area contributed by atoms with Crippen molar-refractivity contribution in [2.24, 2.45) is 0 Å². The summed E-state index contributed by atoms with van der Waals surface area (Å²) in [5, 5.41) is -0.491. The number of thioether (sulfide) groups is 1. The van der Waals surface area contributed by atoms with Crippen molar-refractivity contribution in [3.63, 3.8) is 0 Å². The molecule has 0 saturated carbocycles. The Balaban J connectivity index is 2.12. The zero-order valence-corrected chi connectivity index (χ0v) is 14.7. The lowest BCUT2D eigenvalue weighted by Gasteiger charge is -2.16. The normalized spacial score (nSPS) is 16.1. The Morgan fingerprint density at radius 1 is 1.29 bits per heavy atom. The number of carbonyl (C=O) groups excluding carboxylic acids is 3. The van der Waals surface area contributed by atoms with E-state index in [1.165, 1.54) is 6.08 Å². The number of carbonyl (C=O) groups is 3. The van der Waals surface area contributed by atoms with Gasteiger partial charge >= 0.3 is 5.97 Å². The number of furan rings is 1. The largest absolute Gasteiger partial charge is 0.465 e. The first-order chi connectivity index (χ1) is 11.5. The highest BCUT2D eigenvalue weighted by molar-refractivity contribution is 8.18. The van der Waals surface area contributed by atoms with E-state index in [0.29, 0.717) is 11.6 Å². The van der Waals surface area contributed by atoms with Gasteiger partial charge in [0.2, 0.25) is 0 Å². The number of hydrogen-bond donors (Lipinski definition) is 0. The first kappa shape index (κ1) is 18.1. The van der Waals surface area contributed by atoms with E-state index in [2.05, 4.69) is 0 Å². The summed E-state index contributed by atoms with van der Waals surface area (Å²) in [4.78, 5) is 38.8. The number of nitrogens with zero attached hydrogens (tertiary/aromatic N) is 2. The first-order valence-electron chi connectivity index (χ1n) is 7.75. The molecule has 130 valence electrons. The molecular formula is C16H20N2O5S. The topological polar surface area (TPSA) is 80.1 Å². The third kappa shape index (κ3) is 4.00. The maximum Gasteiger partial charge on any atom is 0.326 e. The van der Waals surface area contributed by atoms with Gasteiger partial charge in [-0.15, -0.1) is 0 Å². The smallest absolute Gasteiger partial charge is 0.326 e. The molecule has 1 saturated heterocycles. The molecule has 0 N–H and O–H groups in total. The molecule has 0 unspecified atom stereocenters. The fraction of sp³-hybridized carbons (Fsp3) is 0.438. The van der Waals surface area contributed by atoms with Gasteiger partial charge in [-0.2, -0.15) is 0 Å². The highest BCUT2D eigenvalue weighted by atomic mass is 32.2. The van der Waals surface area contributed by atoms with Crippen molar-refractivity contribution in [3.05, 3.63) is 22.8 Å². The van der Waals surface area contributed by atoms with Crippen LogP contribution in [0.15, 0.2) is 21.5 Å². The lowest BCUT2D eigenvalue weighted by molar-refractivity contribution is -0.145. The van der Waals surface area contributed by atoms with E-state index in [1.807, 2.05) is 24.8 Å². The standard InChI is InChI=1S/C16H20N2O5S/c1-4-17(5-2)13-8-7-11(23-13)9-12-15(20)18(16(21)24-12)10-14(19)22-6-3/h7-9H,4-6,10H2,1-3H3/b12-9-. The maximum absolute atomic E-state index is 12.3. The number of hydrogen-bond acceptors (Lipinski definition) is 7. The van der Waals surface area contributed by atoms with Crippen molar-refractivity contribution in [1.82, 2.24) is 4.90 Å². The van der Waals surface area contributed by atoms with E-state index in [0.717, 1.165) is 29.8 Å². The number of amides is 2. The van der Waals surface area contributed by atoms with Gasteiger partial charge in [0.1, 0.15) is 12.3 Å². The Morgan fingerprint density at radius 3 is 2.62 bits per heavy atom. The number of imide groups is 1. The molecule has 0 aliphatic carbocycles. The Kier molecular flexibility index (Phi) is 6.08. The minimum atomic E-state index is -0.608. The van der Waals surface area contributed by atoms with Crippen molar-refractivity contribution in [3.8, 4) is 0 Å². The molecule has 0 radical (unpaired) electrons. The van der Waals surface area contributed by atoms with Crippen LogP contribution in [-0.2, 0) is 14.3 Å². The molecule has 0 spiro atoms. The second-order valence-electron chi connectivity index (χ2n) is 4.92. The predicted molar refractivity (Wildman–Crippen MR) is 91.6 cm³/mol. The summed E-state index contributed by atoms with van der Waals surface area (Å²) < 4.78 is 10.5. The average Bonchev–Trinajstić information content (AvgIpc) is 3.10. The van der Waals surface area contributed by atoms with Crippen molar-refractivity contribution in [2.45, 2.75) is 20.8 Å². The Morgan fingerprint density at radius 2 is 2.00 bits per heavy atom. The molecule has 1 aliphatic rings. The quantitative estimate of drug-likeness (QED) is 0.551. The van der Waals surface area contributed by atoms with Crippen LogP contribution in [0.25, 0.3) is 6.08 Å². The van der Waals surface area contributed by atoms with Crippen molar-refractivity contribution in [1.29, 1.82) is 0 Å². The molecule has 0 atom stereocenters. The average molecular weight is 352 g/mol. The minimum absolute atomic E-state index is 0.200. The summed E-state index contributed by atoms with van der Waals surface area (Å²) in [6.07, 6.45) is 1.52. The lowest BCUT2D eigenvalue weighted by atomic mass is 10.3. The molecule has 2 amide bonds. The number of esters is 1. The van der Waals surface area contributed by atoms with Gasteiger partial charge in [-0.3, -0.25) is 19.3 Å². The lowest BCUT2D eigenvalue weighted by Crippen LogP contribution is -2.34. The van der Waals surface area contributed by atoms with Gasteiger partial charge in [0.15, 0.2) is 5.88 Å². The molecule has 7 nitrogen and oxygen atoms in total. The van der Waals surface area contributed by atoms with E-state index in [4.69, 9.17) is 9.15 Å². The van der Waals surface area contributed by atoms with Crippen LogP contribution in [0.2, 0.25) is 0 Å². The highest BCUT2D eigenvalue weighted by Crippen LogP contribution is 2.33. The number of anilines is 1. The molecule has 0 aromatic carbocycles. The molecule has 8 heteroatoms. The molecule has 1 aliphatic heterocycles. The summed E-state index contributed by atoms with van der Waals surface area (Å²) in [6.45, 7) is 7.14. The summed E-state index contributed by atoms with van der Waals surface area (Å²) >= 11 is 0.783. The van der Waals surface area contributed by atoms with Crippen LogP contribution < -0.4 is 4.90 Å². The fourth-order valence-electron chi connectivity index (χ4n) is 2.23. The number of rotatable bonds is 7. The first-order valence-corrected chi connectivity index (χ1v) is 8.57. The summed E-state index contributed by atoms with van der Waals surface area (Å²) in [5.74, 6) is 0.0669. The third-order valence-electron chi connectivity index (χ3n) is 3.43. The van der Waals surface area contributed by atoms with Crippen LogP contribution in [0.4, 0.5) is 10.7 Å². The molecule has 0 bridgehead atoms. The third-order valence-corrected chi connectivity index (χ3v) is 4.33. The Labute approximate surface area is 144 Å². The minimum Gasteiger partial charge on any atom is -0.465 e. The maximum atomic E-state index is 12.3. The summed E-state index contributed by atoms with van der Waals surface area (Å²) in [6, 6.07) is 3.56. The van der Waals surface area contributed by atoms with E-state index in [-0.39, 0.29) is 18.1 Å². The summed E-state index contributed by atoms with van der Waals surface area (Å²) in [7, 11) is 0. The monoisotopic (exact) mass is 352 g/mol. The molecule has 1 fully saturated rings. The summed E-state index contributed by atoms with van der Waals surface area (Å²) in [5.41, 5.74) is 0.